The molecule has 0 aromatic carbocycles. The standard InChI is InChI=1S/C11H19N3O2/c1-7-4-12-6-9(7)11(16)14-8-2-3-10(15)13-5-8/h7-9,12H,2-6H2,1H3,(H,13,15)(H,14,16). The molecule has 2 aliphatic heterocycles. The maximum atomic E-state index is 11.9. The van der Waals surface area contributed by atoms with Gasteiger partial charge in [-0.25, -0.2) is 0 Å². The van der Waals surface area contributed by atoms with Gasteiger partial charge in [-0.15, -0.1) is 0 Å². The van der Waals surface area contributed by atoms with E-state index < -0.39 is 0 Å². The zero-order chi connectivity index (χ0) is 11.5. The first kappa shape index (κ1) is 11.4. The number of hydrogen-bond acceptors (Lipinski definition) is 3. The van der Waals surface area contributed by atoms with Crippen LogP contribution in [0.1, 0.15) is 19.8 Å². The number of carbonyl (C=O) groups excluding carboxylic acids is 2. The summed E-state index contributed by atoms with van der Waals surface area (Å²) in [5, 5.41) is 9.00. The molecule has 0 aliphatic carbocycles. The van der Waals surface area contributed by atoms with Gasteiger partial charge >= 0.3 is 0 Å². The molecule has 0 spiro atoms. The predicted octanol–water partition coefficient (Wildman–Crippen LogP) is -0.763. The lowest BCUT2D eigenvalue weighted by molar-refractivity contribution is -0.128. The van der Waals surface area contributed by atoms with Crippen LogP contribution in [0.15, 0.2) is 0 Å². The van der Waals surface area contributed by atoms with E-state index in [-0.39, 0.29) is 23.8 Å². The summed E-state index contributed by atoms with van der Waals surface area (Å²) in [5.74, 6) is 0.691. The highest BCUT2D eigenvalue weighted by atomic mass is 16.2. The first-order chi connectivity index (χ1) is 7.66. The third kappa shape index (κ3) is 2.52. The fourth-order valence-corrected chi connectivity index (χ4v) is 2.33. The lowest BCUT2D eigenvalue weighted by Crippen LogP contribution is -2.50. The number of rotatable bonds is 2. The Kier molecular flexibility index (Phi) is 3.43. The Morgan fingerprint density at radius 2 is 2.19 bits per heavy atom. The van der Waals surface area contributed by atoms with E-state index in [1.807, 2.05) is 0 Å². The van der Waals surface area contributed by atoms with Crippen molar-refractivity contribution < 1.29 is 9.59 Å². The maximum Gasteiger partial charge on any atom is 0.224 e. The van der Waals surface area contributed by atoms with Crippen molar-refractivity contribution in [1.82, 2.24) is 16.0 Å². The molecule has 2 saturated heterocycles. The van der Waals surface area contributed by atoms with E-state index in [0.29, 0.717) is 18.9 Å². The first-order valence-corrected chi connectivity index (χ1v) is 5.94. The van der Waals surface area contributed by atoms with Gasteiger partial charge in [0.05, 0.1) is 5.92 Å². The minimum atomic E-state index is 0.0811. The normalized spacial score (nSPS) is 34.6. The summed E-state index contributed by atoms with van der Waals surface area (Å²) >= 11 is 0. The van der Waals surface area contributed by atoms with Crippen molar-refractivity contribution in [2.24, 2.45) is 11.8 Å². The first-order valence-electron chi connectivity index (χ1n) is 5.94. The number of amides is 2. The minimum Gasteiger partial charge on any atom is -0.354 e. The van der Waals surface area contributed by atoms with E-state index in [4.69, 9.17) is 0 Å². The average molecular weight is 225 g/mol. The van der Waals surface area contributed by atoms with Gasteiger partial charge in [-0.3, -0.25) is 9.59 Å². The second-order valence-electron chi connectivity index (χ2n) is 4.79. The largest absolute Gasteiger partial charge is 0.354 e. The van der Waals surface area contributed by atoms with Gasteiger partial charge < -0.3 is 16.0 Å². The van der Waals surface area contributed by atoms with Crippen LogP contribution >= 0.6 is 0 Å². The number of piperidine rings is 1. The van der Waals surface area contributed by atoms with Gasteiger partial charge in [0, 0.05) is 25.6 Å². The molecular formula is C11H19N3O2. The second kappa shape index (κ2) is 4.82. The Morgan fingerprint density at radius 1 is 1.38 bits per heavy atom. The highest BCUT2D eigenvalue weighted by molar-refractivity contribution is 5.81. The summed E-state index contributed by atoms with van der Waals surface area (Å²) in [5.41, 5.74) is 0. The minimum absolute atomic E-state index is 0.0811. The highest BCUT2D eigenvalue weighted by Gasteiger charge is 2.31. The fourth-order valence-electron chi connectivity index (χ4n) is 2.33. The van der Waals surface area contributed by atoms with Gasteiger partial charge in [-0.05, 0) is 18.9 Å². The van der Waals surface area contributed by atoms with Crippen molar-refractivity contribution in [3.8, 4) is 0 Å². The Balaban J connectivity index is 1.80. The van der Waals surface area contributed by atoms with Crippen molar-refractivity contribution in [2.75, 3.05) is 19.6 Å². The van der Waals surface area contributed by atoms with Crippen molar-refractivity contribution in [3.63, 3.8) is 0 Å². The smallest absolute Gasteiger partial charge is 0.224 e. The Hall–Kier alpha value is -1.10. The van der Waals surface area contributed by atoms with Crippen LogP contribution in [0.25, 0.3) is 0 Å². The highest BCUT2D eigenvalue weighted by Crippen LogP contribution is 2.16. The summed E-state index contributed by atoms with van der Waals surface area (Å²) in [7, 11) is 0. The molecule has 0 aromatic rings. The zero-order valence-electron chi connectivity index (χ0n) is 9.58. The van der Waals surface area contributed by atoms with Crippen LogP contribution in [0.5, 0.6) is 0 Å². The molecule has 2 amide bonds. The van der Waals surface area contributed by atoms with Crippen LogP contribution in [0, 0.1) is 11.8 Å². The lowest BCUT2D eigenvalue weighted by atomic mass is 9.96. The quantitative estimate of drug-likeness (QED) is 0.578. The molecule has 2 heterocycles. The van der Waals surface area contributed by atoms with Crippen LogP contribution in [-0.2, 0) is 9.59 Å². The third-order valence-corrected chi connectivity index (χ3v) is 3.47. The molecule has 3 atom stereocenters. The Labute approximate surface area is 95.3 Å². The number of carbonyl (C=O) groups is 2. The van der Waals surface area contributed by atoms with Gasteiger partial charge in [0.25, 0.3) is 0 Å². The monoisotopic (exact) mass is 225 g/mol. The zero-order valence-corrected chi connectivity index (χ0v) is 9.58. The van der Waals surface area contributed by atoms with Crippen LogP contribution in [-0.4, -0.2) is 37.5 Å². The molecular weight excluding hydrogens is 206 g/mol. The van der Waals surface area contributed by atoms with Gasteiger partial charge in [0.1, 0.15) is 0 Å². The second-order valence-corrected chi connectivity index (χ2v) is 4.79. The molecule has 3 unspecified atom stereocenters. The summed E-state index contributed by atoms with van der Waals surface area (Å²) in [4.78, 5) is 22.9. The average Bonchev–Trinajstić information content (AvgIpc) is 2.68. The Bertz CT molecular complexity index is 283. The molecule has 0 bridgehead atoms. The molecule has 5 nitrogen and oxygen atoms in total. The molecule has 3 N–H and O–H groups in total. The van der Waals surface area contributed by atoms with Gasteiger partial charge in [0.2, 0.25) is 11.8 Å². The van der Waals surface area contributed by atoms with E-state index in [0.717, 1.165) is 19.5 Å². The summed E-state index contributed by atoms with van der Waals surface area (Å²) < 4.78 is 0. The molecule has 2 fully saturated rings. The van der Waals surface area contributed by atoms with Gasteiger partial charge in [0.15, 0.2) is 0 Å². The van der Waals surface area contributed by atoms with E-state index in [1.54, 1.807) is 0 Å². The van der Waals surface area contributed by atoms with Crippen LogP contribution in [0.3, 0.4) is 0 Å². The van der Waals surface area contributed by atoms with Crippen LogP contribution in [0.4, 0.5) is 0 Å². The lowest BCUT2D eigenvalue weighted by Gasteiger charge is -2.25. The van der Waals surface area contributed by atoms with Gasteiger partial charge in [-0.1, -0.05) is 6.92 Å². The van der Waals surface area contributed by atoms with E-state index in [2.05, 4.69) is 22.9 Å². The summed E-state index contributed by atoms with van der Waals surface area (Å²) in [6.07, 6.45) is 1.27. The van der Waals surface area contributed by atoms with E-state index in [9.17, 15) is 9.59 Å². The molecule has 2 aliphatic rings. The third-order valence-electron chi connectivity index (χ3n) is 3.47. The maximum absolute atomic E-state index is 11.9. The van der Waals surface area contributed by atoms with Crippen molar-refractivity contribution >= 4 is 11.8 Å². The van der Waals surface area contributed by atoms with E-state index >= 15 is 0 Å². The van der Waals surface area contributed by atoms with E-state index in [1.165, 1.54) is 0 Å². The molecule has 16 heavy (non-hydrogen) atoms. The molecule has 5 heteroatoms. The molecule has 90 valence electrons. The number of hydrogen-bond donors (Lipinski definition) is 3. The predicted molar refractivity (Wildman–Crippen MR) is 59.7 cm³/mol. The summed E-state index contributed by atoms with van der Waals surface area (Å²) in [6, 6.07) is 0.109. The molecule has 0 radical (unpaired) electrons. The topological polar surface area (TPSA) is 70.2 Å². The summed E-state index contributed by atoms with van der Waals surface area (Å²) in [6.45, 7) is 4.34. The van der Waals surface area contributed by atoms with Crippen LogP contribution < -0.4 is 16.0 Å². The SMILES string of the molecule is CC1CNCC1C(=O)NC1CCC(=O)NC1. The van der Waals surface area contributed by atoms with Gasteiger partial charge in [-0.2, -0.15) is 0 Å². The Morgan fingerprint density at radius 3 is 2.75 bits per heavy atom. The van der Waals surface area contributed by atoms with Crippen LogP contribution in [0.2, 0.25) is 0 Å². The number of nitrogens with one attached hydrogen (secondary N) is 3. The molecule has 2 rings (SSSR count). The van der Waals surface area contributed by atoms with Crippen molar-refractivity contribution in [1.29, 1.82) is 0 Å². The van der Waals surface area contributed by atoms with Crippen molar-refractivity contribution in [3.05, 3.63) is 0 Å². The molecule has 0 saturated carbocycles. The molecule has 0 aromatic heterocycles. The fraction of sp³-hybridized carbons (Fsp3) is 0.818. The van der Waals surface area contributed by atoms with Crippen molar-refractivity contribution in [2.45, 2.75) is 25.8 Å².